The summed E-state index contributed by atoms with van der Waals surface area (Å²) in [5.41, 5.74) is 2.09. The SMILES string of the molecule is c1cc2cc(NCC3CC3)cnc2[nH]1. The van der Waals surface area contributed by atoms with Crippen LogP contribution in [0.25, 0.3) is 11.0 Å². The van der Waals surface area contributed by atoms with Gasteiger partial charge in [0.25, 0.3) is 0 Å². The highest BCUT2D eigenvalue weighted by Crippen LogP contribution is 2.29. The summed E-state index contributed by atoms with van der Waals surface area (Å²) in [6.07, 6.45) is 6.57. The maximum atomic E-state index is 4.32. The molecule has 3 nitrogen and oxygen atoms in total. The predicted molar refractivity (Wildman–Crippen MR) is 57.3 cm³/mol. The molecule has 0 aliphatic heterocycles. The zero-order chi connectivity index (χ0) is 9.38. The molecule has 2 N–H and O–H groups in total. The zero-order valence-corrected chi connectivity index (χ0v) is 7.96. The maximum absolute atomic E-state index is 4.32. The van der Waals surface area contributed by atoms with E-state index in [1.54, 1.807) is 0 Å². The third kappa shape index (κ3) is 1.45. The van der Waals surface area contributed by atoms with Crippen LogP contribution in [0.5, 0.6) is 0 Å². The molecule has 0 saturated heterocycles. The second-order valence-electron chi connectivity index (χ2n) is 3.96. The number of rotatable bonds is 3. The Bertz CT molecular complexity index is 442. The van der Waals surface area contributed by atoms with E-state index in [1.165, 1.54) is 18.2 Å². The van der Waals surface area contributed by atoms with E-state index in [2.05, 4.69) is 21.4 Å². The molecule has 3 rings (SSSR count). The van der Waals surface area contributed by atoms with Crippen LogP contribution in [-0.4, -0.2) is 16.5 Å². The minimum atomic E-state index is 0.900. The molecule has 0 bridgehead atoms. The summed E-state index contributed by atoms with van der Waals surface area (Å²) in [4.78, 5) is 7.41. The third-order valence-corrected chi connectivity index (χ3v) is 2.69. The lowest BCUT2D eigenvalue weighted by atomic mass is 10.3. The fourth-order valence-corrected chi connectivity index (χ4v) is 1.62. The Morgan fingerprint density at radius 2 is 2.43 bits per heavy atom. The molecule has 1 aliphatic carbocycles. The predicted octanol–water partition coefficient (Wildman–Crippen LogP) is 2.38. The van der Waals surface area contributed by atoms with Crippen molar-refractivity contribution >= 4 is 16.7 Å². The van der Waals surface area contributed by atoms with Gasteiger partial charge in [0.05, 0.1) is 11.9 Å². The van der Waals surface area contributed by atoms with E-state index in [1.807, 2.05) is 18.5 Å². The highest BCUT2D eigenvalue weighted by atomic mass is 14.9. The van der Waals surface area contributed by atoms with Crippen LogP contribution in [0.1, 0.15) is 12.8 Å². The third-order valence-electron chi connectivity index (χ3n) is 2.69. The lowest BCUT2D eigenvalue weighted by Gasteiger charge is -2.03. The van der Waals surface area contributed by atoms with Crippen molar-refractivity contribution in [3.05, 3.63) is 24.5 Å². The number of aromatic nitrogens is 2. The summed E-state index contributed by atoms with van der Waals surface area (Å²) in [5.74, 6) is 0.900. The molecule has 0 amide bonds. The lowest BCUT2D eigenvalue weighted by molar-refractivity contribution is 0.889. The van der Waals surface area contributed by atoms with Crippen molar-refractivity contribution in [1.82, 2.24) is 9.97 Å². The monoisotopic (exact) mass is 187 g/mol. The number of nitrogens with one attached hydrogen (secondary N) is 2. The first-order valence-corrected chi connectivity index (χ1v) is 5.09. The molecule has 1 saturated carbocycles. The van der Waals surface area contributed by atoms with Gasteiger partial charge >= 0.3 is 0 Å². The van der Waals surface area contributed by atoms with Gasteiger partial charge in [-0.05, 0) is 30.9 Å². The normalized spacial score (nSPS) is 16.0. The fourth-order valence-electron chi connectivity index (χ4n) is 1.62. The van der Waals surface area contributed by atoms with E-state index < -0.39 is 0 Å². The number of nitrogens with zero attached hydrogens (tertiary/aromatic N) is 1. The number of aromatic amines is 1. The van der Waals surface area contributed by atoms with Crippen molar-refractivity contribution in [2.24, 2.45) is 5.92 Å². The van der Waals surface area contributed by atoms with E-state index in [-0.39, 0.29) is 0 Å². The molecule has 2 aromatic heterocycles. The lowest BCUT2D eigenvalue weighted by Crippen LogP contribution is -2.03. The van der Waals surface area contributed by atoms with Crippen LogP contribution < -0.4 is 5.32 Å². The second-order valence-corrected chi connectivity index (χ2v) is 3.96. The first-order valence-electron chi connectivity index (χ1n) is 5.09. The van der Waals surface area contributed by atoms with Crippen molar-refractivity contribution in [3.63, 3.8) is 0 Å². The van der Waals surface area contributed by atoms with Crippen LogP contribution >= 0.6 is 0 Å². The van der Waals surface area contributed by atoms with Gasteiger partial charge in [0.1, 0.15) is 5.65 Å². The molecule has 1 aliphatic rings. The minimum absolute atomic E-state index is 0.900. The van der Waals surface area contributed by atoms with Gasteiger partial charge in [-0.1, -0.05) is 0 Å². The zero-order valence-electron chi connectivity index (χ0n) is 7.96. The quantitative estimate of drug-likeness (QED) is 0.774. The molecule has 14 heavy (non-hydrogen) atoms. The number of anilines is 1. The summed E-state index contributed by atoms with van der Waals surface area (Å²) in [5, 5.41) is 4.58. The van der Waals surface area contributed by atoms with E-state index in [9.17, 15) is 0 Å². The van der Waals surface area contributed by atoms with Gasteiger partial charge in [0.2, 0.25) is 0 Å². The van der Waals surface area contributed by atoms with E-state index >= 15 is 0 Å². The van der Waals surface area contributed by atoms with Crippen LogP contribution in [-0.2, 0) is 0 Å². The van der Waals surface area contributed by atoms with Crippen molar-refractivity contribution in [2.75, 3.05) is 11.9 Å². The summed E-state index contributed by atoms with van der Waals surface area (Å²) < 4.78 is 0. The topological polar surface area (TPSA) is 40.7 Å². The average Bonchev–Trinajstić information content (AvgIpc) is 2.92. The fraction of sp³-hybridized carbons (Fsp3) is 0.364. The number of H-pyrrole nitrogens is 1. The van der Waals surface area contributed by atoms with E-state index in [0.717, 1.165) is 23.8 Å². The Balaban J connectivity index is 1.81. The first-order chi connectivity index (χ1) is 6.92. The number of fused-ring (bicyclic) bond motifs is 1. The molecule has 72 valence electrons. The smallest absolute Gasteiger partial charge is 0.137 e. The number of pyridine rings is 1. The van der Waals surface area contributed by atoms with Crippen molar-refractivity contribution in [1.29, 1.82) is 0 Å². The van der Waals surface area contributed by atoms with E-state index in [4.69, 9.17) is 0 Å². The standard InChI is InChI=1S/C11H13N3/c1-2-8(1)6-13-10-5-9-3-4-12-11(9)14-7-10/h3-5,7-8,13H,1-2,6H2,(H,12,14). The second kappa shape index (κ2) is 3.01. The Labute approximate surface area is 82.5 Å². The Kier molecular flexibility index (Phi) is 1.69. The molecule has 3 heteroatoms. The first kappa shape index (κ1) is 7.85. The van der Waals surface area contributed by atoms with Crippen molar-refractivity contribution < 1.29 is 0 Å². The summed E-state index contributed by atoms with van der Waals surface area (Å²) in [6.45, 7) is 1.09. The van der Waals surface area contributed by atoms with Gasteiger partial charge in [0, 0.05) is 18.1 Å². The van der Waals surface area contributed by atoms with E-state index in [0.29, 0.717) is 0 Å². The average molecular weight is 187 g/mol. The van der Waals surface area contributed by atoms with Gasteiger partial charge in [0.15, 0.2) is 0 Å². The van der Waals surface area contributed by atoms with Gasteiger partial charge in [-0.25, -0.2) is 4.98 Å². The molecular formula is C11H13N3. The molecule has 2 heterocycles. The van der Waals surface area contributed by atoms with Crippen LogP contribution in [0.3, 0.4) is 0 Å². The molecule has 0 spiro atoms. The highest BCUT2D eigenvalue weighted by molar-refractivity contribution is 5.78. The Morgan fingerprint density at radius 3 is 3.29 bits per heavy atom. The van der Waals surface area contributed by atoms with Gasteiger partial charge in [-0.15, -0.1) is 0 Å². The van der Waals surface area contributed by atoms with Crippen LogP contribution in [0.15, 0.2) is 24.5 Å². The van der Waals surface area contributed by atoms with Crippen LogP contribution in [0.4, 0.5) is 5.69 Å². The maximum Gasteiger partial charge on any atom is 0.137 e. The van der Waals surface area contributed by atoms with Gasteiger partial charge < -0.3 is 10.3 Å². The molecule has 0 aromatic carbocycles. The summed E-state index contributed by atoms with van der Waals surface area (Å²) in [7, 11) is 0. The number of hydrogen-bond donors (Lipinski definition) is 2. The van der Waals surface area contributed by atoms with Crippen molar-refractivity contribution in [3.8, 4) is 0 Å². The van der Waals surface area contributed by atoms with Gasteiger partial charge in [-0.2, -0.15) is 0 Å². The molecule has 0 atom stereocenters. The minimum Gasteiger partial charge on any atom is -0.384 e. The summed E-state index contributed by atoms with van der Waals surface area (Å²) >= 11 is 0. The molecule has 1 fully saturated rings. The Morgan fingerprint density at radius 1 is 1.50 bits per heavy atom. The Hall–Kier alpha value is -1.51. The molecule has 2 aromatic rings. The van der Waals surface area contributed by atoms with Crippen LogP contribution in [0.2, 0.25) is 0 Å². The highest BCUT2D eigenvalue weighted by Gasteiger charge is 2.20. The molecule has 0 radical (unpaired) electrons. The summed E-state index contributed by atoms with van der Waals surface area (Å²) in [6, 6.07) is 4.19. The largest absolute Gasteiger partial charge is 0.384 e. The number of hydrogen-bond acceptors (Lipinski definition) is 2. The molecular weight excluding hydrogens is 174 g/mol. The van der Waals surface area contributed by atoms with Crippen molar-refractivity contribution in [2.45, 2.75) is 12.8 Å². The van der Waals surface area contributed by atoms with Gasteiger partial charge in [-0.3, -0.25) is 0 Å². The van der Waals surface area contributed by atoms with Crippen LogP contribution in [0, 0.1) is 5.92 Å². The molecule has 0 unspecified atom stereocenters.